The average Bonchev–Trinajstić information content (AvgIpc) is 2.32. The zero-order valence-corrected chi connectivity index (χ0v) is 13.8. The number of primary sulfonamides is 1. The molecule has 0 radical (unpaired) electrons. The van der Waals surface area contributed by atoms with Crippen molar-refractivity contribution in [1.29, 1.82) is 0 Å². The highest BCUT2D eigenvalue weighted by molar-refractivity contribution is 8.00. The van der Waals surface area contributed by atoms with Crippen molar-refractivity contribution >= 4 is 33.2 Å². The molecule has 0 aliphatic carbocycles. The minimum Gasteiger partial charge on any atom is -0.379 e. The highest BCUT2D eigenvalue weighted by atomic mass is 32.2. The molecule has 0 saturated carbocycles. The number of nitro benzene ring substituents is 1. The summed E-state index contributed by atoms with van der Waals surface area (Å²) in [6.07, 6.45) is 0. The third-order valence-corrected chi connectivity index (χ3v) is 4.63. The van der Waals surface area contributed by atoms with Gasteiger partial charge in [-0.1, -0.05) is 20.8 Å². The largest absolute Gasteiger partial charge is 0.379 e. The average molecular weight is 333 g/mol. The molecule has 9 heteroatoms. The quantitative estimate of drug-likeness (QED) is 0.468. The molecule has 1 rings (SSSR count). The van der Waals surface area contributed by atoms with Crippen molar-refractivity contribution in [3.05, 3.63) is 28.3 Å². The van der Waals surface area contributed by atoms with Gasteiger partial charge in [-0.15, -0.1) is 0 Å². The number of sulfonamides is 1. The van der Waals surface area contributed by atoms with Crippen LogP contribution in [-0.2, 0) is 10.0 Å². The van der Waals surface area contributed by atoms with Gasteiger partial charge in [0.05, 0.1) is 9.82 Å². The van der Waals surface area contributed by atoms with Crippen LogP contribution in [0, 0.1) is 10.1 Å². The van der Waals surface area contributed by atoms with Crippen LogP contribution in [0.1, 0.15) is 20.8 Å². The number of benzene rings is 1. The van der Waals surface area contributed by atoms with Gasteiger partial charge < -0.3 is 5.32 Å². The second-order valence-corrected chi connectivity index (χ2v) is 8.85. The summed E-state index contributed by atoms with van der Waals surface area (Å²) in [6, 6.07) is 3.58. The number of hydrogen-bond acceptors (Lipinski definition) is 6. The van der Waals surface area contributed by atoms with Gasteiger partial charge in [-0.25, -0.2) is 13.6 Å². The van der Waals surface area contributed by atoms with Crippen LogP contribution >= 0.6 is 11.8 Å². The highest BCUT2D eigenvalue weighted by Gasteiger charge is 2.19. The van der Waals surface area contributed by atoms with E-state index >= 15 is 0 Å². The molecular weight excluding hydrogens is 314 g/mol. The molecule has 0 aliphatic heterocycles. The molecule has 0 amide bonds. The minimum atomic E-state index is -3.96. The lowest BCUT2D eigenvalue weighted by atomic mass is 10.2. The van der Waals surface area contributed by atoms with Crippen molar-refractivity contribution in [3.63, 3.8) is 0 Å². The predicted octanol–water partition coefficient (Wildman–Crippen LogP) is 2.19. The Kier molecular flexibility index (Phi) is 5.60. The lowest BCUT2D eigenvalue weighted by Crippen LogP contribution is -2.15. The third kappa shape index (κ3) is 5.90. The number of nitrogens with one attached hydrogen (secondary N) is 1. The maximum absolute atomic E-state index is 11.2. The maximum Gasteiger partial charge on any atom is 0.293 e. The number of rotatable bonds is 6. The summed E-state index contributed by atoms with van der Waals surface area (Å²) in [4.78, 5) is 10.1. The fourth-order valence-electron chi connectivity index (χ4n) is 1.53. The minimum absolute atomic E-state index is 0.116. The van der Waals surface area contributed by atoms with Gasteiger partial charge in [-0.2, -0.15) is 11.8 Å². The van der Waals surface area contributed by atoms with E-state index in [0.717, 1.165) is 11.8 Å². The first-order valence-corrected chi connectivity index (χ1v) is 8.73. The molecule has 0 heterocycles. The van der Waals surface area contributed by atoms with E-state index in [4.69, 9.17) is 5.14 Å². The second-order valence-electron chi connectivity index (χ2n) is 5.37. The summed E-state index contributed by atoms with van der Waals surface area (Å²) in [6.45, 7) is 6.79. The smallest absolute Gasteiger partial charge is 0.293 e. The maximum atomic E-state index is 11.2. The van der Waals surface area contributed by atoms with Crippen molar-refractivity contribution < 1.29 is 13.3 Å². The van der Waals surface area contributed by atoms with Crippen molar-refractivity contribution in [2.75, 3.05) is 17.6 Å². The van der Waals surface area contributed by atoms with Gasteiger partial charge in [-0.05, 0) is 12.1 Å². The fraction of sp³-hybridized carbons (Fsp3) is 0.500. The zero-order chi connectivity index (χ0) is 16.3. The predicted molar refractivity (Wildman–Crippen MR) is 85.2 cm³/mol. The van der Waals surface area contributed by atoms with Gasteiger partial charge in [0.15, 0.2) is 0 Å². The SMILES string of the molecule is CC(C)(C)SCCNc1ccc(S(N)(=O)=O)cc1[N+](=O)[O-]. The summed E-state index contributed by atoms with van der Waals surface area (Å²) < 4.78 is 22.6. The molecule has 118 valence electrons. The van der Waals surface area contributed by atoms with Crippen LogP contribution in [0.2, 0.25) is 0 Å². The molecule has 0 aromatic heterocycles. The van der Waals surface area contributed by atoms with Crippen molar-refractivity contribution in [1.82, 2.24) is 0 Å². The standard InChI is InChI=1S/C12H19N3O4S2/c1-12(2,3)20-7-6-14-10-5-4-9(21(13,18)19)8-11(10)15(16)17/h4-5,8,14H,6-7H2,1-3H3,(H2,13,18,19). The van der Waals surface area contributed by atoms with E-state index in [2.05, 4.69) is 26.1 Å². The number of hydrogen-bond donors (Lipinski definition) is 2. The van der Waals surface area contributed by atoms with E-state index in [9.17, 15) is 18.5 Å². The number of nitrogens with zero attached hydrogens (tertiary/aromatic N) is 1. The molecule has 1 aromatic carbocycles. The first kappa shape index (κ1) is 17.7. The van der Waals surface area contributed by atoms with Gasteiger partial charge in [0.25, 0.3) is 5.69 Å². The molecule has 0 spiro atoms. The van der Waals surface area contributed by atoms with Crippen LogP contribution in [0.25, 0.3) is 0 Å². The Bertz CT molecular complexity index is 624. The molecule has 0 aliphatic rings. The van der Waals surface area contributed by atoms with Gasteiger partial charge in [0, 0.05) is 23.1 Å². The van der Waals surface area contributed by atoms with Gasteiger partial charge in [0.1, 0.15) is 5.69 Å². The molecule has 21 heavy (non-hydrogen) atoms. The van der Waals surface area contributed by atoms with Gasteiger partial charge in [-0.3, -0.25) is 10.1 Å². The Morgan fingerprint density at radius 1 is 1.38 bits per heavy atom. The zero-order valence-electron chi connectivity index (χ0n) is 12.1. The van der Waals surface area contributed by atoms with Crippen molar-refractivity contribution in [2.24, 2.45) is 5.14 Å². The first-order chi connectivity index (χ1) is 9.50. The second kappa shape index (κ2) is 6.63. The Hall–Kier alpha value is -1.32. The summed E-state index contributed by atoms with van der Waals surface area (Å²) in [5.74, 6) is 0.775. The third-order valence-electron chi connectivity index (χ3n) is 2.45. The molecule has 0 atom stereocenters. The Morgan fingerprint density at radius 3 is 2.48 bits per heavy atom. The molecule has 0 bridgehead atoms. The Balaban J connectivity index is 2.86. The van der Waals surface area contributed by atoms with Crippen LogP contribution in [0.15, 0.2) is 23.1 Å². The van der Waals surface area contributed by atoms with E-state index in [1.807, 2.05) is 0 Å². The fourth-order valence-corrected chi connectivity index (χ4v) is 2.88. The lowest BCUT2D eigenvalue weighted by molar-refractivity contribution is -0.384. The van der Waals surface area contributed by atoms with E-state index < -0.39 is 14.9 Å². The van der Waals surface area contributed by atoms with E-state index in [1.165, 1.54) is 12.1 Å². The van der Waals surface area contributed by atoms with E-state index in [0.29, 0.717) is 6.54 Å². The number of nitro groups is 1. The summed E-state index contributed by atoms with van der Waals surface area (Å²) in [7, 11) is -3.96. The number of thioether (sulfide) groups is 1. The van der Waals surface area contributed by atoms with Crippen LogP contribution in [-0.4, -0.2) is 30.4 Å². The molecule has 1 aromatic rings. The Morgan fingerprint density at radius 2 is 2.00 bits per heavy atom. The van der Waals surface area contributed by atoms with Crippen LogP contribution in [0.5, 0.6) is 0 Å². The van der Waals surface area contributed by atoms with Crippen LogP contribution in [0.3, 0.4) is 0 Å². The molecule has 0 fully saturated rings. The van der Waals surface area contributed by atoms with Crippen LogP contribution in [0.4, 0.5) is 11.4 Å². The van der Waals surface area contributed by atoms with E-state index in [-0.39, 0.29) is 21.0 Å². The summed E-state index contributed by atoms with van der Waals surface area (Å²) >= 11 is 1.73. The monoisotopic (exact) mass is 333 g/mol. The molecular formula is C12H19N3O4S2. The van der Waals surface area contributed by atoms with Crippen molar-refractivity contribution in [2.45, 2.75) is 30.4 Å². The lowest BCUT2D eigenvalue weighted by Gasteiger charge is -2.17. The highest BCUT2D eigenvalue weighted by Crippen LogP contribution is 2.28. The van der Waals surface area contributed by atoms with Gasteiger partial charge >= 0.3 is 0 Å². The molecule has 0 unspecified atom stereocenters. The van der Waals surface area contributed by atoms with Crippen molar-refractivity contribution in [3.8, 4) is 0 Å². The number of nitrogens with two attached hydrogens (primary N) is 1. The molecule has 0 saturated heterocycles. The Labute approximate surface area is 128 Å². The number of anilines is 1. The summed E-state index contributed by atoms with van der Waals surface area (Å²) in [5, 5.41) is 18.9. The normalized spacial score (nSPS) is 12.2. The molecule has 7 nitrogen and oxygen atoms in total. The van der Waals surface area contributed by atoms with Crippen LogP contribution < -0.4 is 10.5 Å². The van der Waals surface area contributed by atoms with E-state index in [1.54, 1.807) is 11.8 Å². The topological polar surface area (TPSA) is 115 Å². The van der Waals surface area contributed by atoms with Gasteiger partial charge in [0.2, 0.25) is 10.0 Å². The molecule has 3 N–H and O–H groups in total. The first-order valence-electron chi connectivity index (χ1n) is 6.20. The summed E-state index contributed by atoms with van der Waals surface area (Å²) in [5.41, 5.74) is -0.0239.